The van der Waals surface area contributed by atoms with Gasteiger partial charge in [0, 0.05) is 9.85 Å². The Morgan fingerprint density at radius 2 is 2.29 bits per heavy atom. The van der Waals surface area contributed by atoms with Gasteiger partial charge in [-0.2, -0.15) is 0 Å². The van der Waals surface area contributed by atoms with Gasteiger partial charge in [-0.25, -0.2) is 9.37 Å². The predicted octanol–water partition coefficient (Wildman–Crippen LogP) is 4.87. The van der Waals surface area contributed by atoms with Gasteiger partial charge in [0.2, 0.25) is 0 Å². The summed E-state index contributed by atoms with van der Waals surface area (Å²) < 4.78 is 13.7. The Hall–Kier alpha value is -0.650. The maximum Gasteiger partial charge on any atom is 0.125 e. The summed E-state index contributed by atoms with van der Waals surface area (Å²) in [6.07, 6.45) is 0. The average molecular weight is 336 g/mol. The number of anilines is 1. The standard InChI is InChI=1S/C11H9BrClFN2S/c1-6(10-4-17-5-15-10)16-11-8(12)2-7(14)3-9(11)13/h2-6,16H,1H3. The van der Waals surface area contributed by atoms with Gasteiger partial charge in [0.05, 0.1) is 28.0 Å². The number of halogens is 3. The molecule has 1 unspecified atom stereocenters. The molecule has 2 rings (SSSR count). The van der Waals surface area contributed by atoms with Crippen molar-refractivity contribution < 1.29 is 4.39 Å². The maximum absolute atomic E-state index is 13.1. The van der Waals surface area contributed by atoms with E-state index in [9.17, 15) is 4.39 Å². The lowest BCUT2D eigenvalue weighted by Crippen LogP contribution is -2.08. The van der Waals surface area contributed by atoms with Gasteiger partial charge in [-0.3, -0.25) is 0 Å². The summed E-state index contributed by atoms with van der Waals surface area (Å²) in [4.78, 5) is 4.21. The lowest BCUT2D eigenvalue weighted by Gasteiger charge is -2.16. The molecule has 2 nitrogen and oxygen atoms in total. The number of hydrogen-bond donors (Lipinski definition) is 1. The van der Waals surface area contributed by atoms with Gasteiger partial charge in [0.15, 0.2) is 0 Å². The summed E-state index contributed by atoms with van der Waals surface area (Å²) in [6.45, 7) is 1.97. The molecule has 0 bridgehead atoms. The minimum atomic E-state index is -0.367. The van der Waals surface area contributed by atoms with Crippen molar-refractivity contribution in [2.24, 2.45) is 0 Å². The number of nitrogens with one attached hydrogen (secondary N) is 1. The number of nitrogens with zero attached hydrogens (tertiary/aromatic N) is 1. The molecule has 0 aliphatic rings. The summed E-state index contributed by atoms with van der Waals surface area (Å²) in [6, 6.07) is 2.67. The Balaban J connectivity index is 2.25. The van der Waals surface area contributed by atoms with Crippen molar-refractivity contribution in [2.75, 3.05) is 5.32 Å². The fraction of sp³-hybridized carbons (Fsp3) is 0.182. The molecule has 6 heteroatoms. The van der Waals surface area contributed by atoms with Gasteiger partial charge < -0.3 is 5.32 Å². The molecule has 17 heavy (non-hydrogen) atoms. The number of hydrogen-bond acceptors (Lipinski definition) is 3. The second kappa shape index (κ2) is 5.33. The second-order valence-electron chi connectivity index (χ2n) is 3.52. The van der Waals surface area contributed by atoms with E-state index in [2.05, 4.69) is 26.2 Å². The highest BCUT2D eigenvalue weighted by Crippen LogP contribution is 2.34. The van der Waals surface area contributed by atoms with Gasteiger partial charge >= 0.3 is 0 Å². The van der Waals surface area contributed by atoms with Crippen LogP contribution < -0.4 is 5.32 Å². The molecule has 0 saturated carbocycles. The van der Waals surface area contributed by atoms with Crippen molar-refractivity contribution in [1.29, 1.82) is 0 Å². The molecule has 0 spiro atoms. The highest BCUT2D eigenvalue weighted by molar-refractivity contribution is 9.10. The summed E-state index contributed by atoms with van der Waals surface area (Å²) in [5.41, 5.74) is 3.38. The summed E-state index contributed by atoms with van der Waals surface area (Å²) in [7, 11) is 0. The first kappa shape index (κ1) is 12.8. The lowest BCUT2D eigenvalue weighted by atomic mass is 10.2. The zero-order valence-corrected chi connectivity index (χ0v) is 12.0. The van der Waals surface area contributed by atoms with Crippen LogP contribution in [0.1, 0.15) is 18.7 Å². The smallest absolute Gasteiger partial charge is 0.125 e. The van der Waals surface area contributed by atoms with Crippen LogP contribution in [0.25, 0.3) is 0 Å². The van der Waals surface area contributed by atoms with Crippen LogP contribution in [0.3, 0.4) is 0 Å². The van der Waals surface area contributed by atoms with Gasteiger partial charge in [-0.15, -0.1) is 11.3 Å². The van der Waals surface area contributed by atoms with Crippen LogP contribution in [0, 0.1) is 5.82 Å². The molecule has 0 amide bonds. The molecular formula is C11H9BrClFN2S. The highest BCUT2D eigenvalue weighted by atomic mass is 79.9. The third kappa shape index (κ3) is 2.97. The molecule has 1 N–H and O–H groups in total. The molecule has 90 valence electrons. The Morgan fingerprint density at radius 1 is 1.53 bits per heavy atom. The molecule has 1 aromatic heterocycles. The van der Waals surface area contributed by atoms with E-state index >= 15 is 0 Å². The molecule has 0 fully saturated rings. The van der Waals surface area contributed by atoms with Gasteiger partial charge in [0.25, 0.3) is 0 Å². The Labute approximate surface area is 116 Å². The Kier molecular flexibility index (Phi) is 4.01. The van der Waals surface area contributed by atoms with Crippen molar-refractivity contribution in [2.45, 2.75) is 13.0 Å². The molecule has 1 heterocycles. The zero-order valence-electron chi connectivity index (χ0n) is 8.88. The number of rotatable bonds is 3. The fourth-order valence-corrected chi connectivity index (χ4v) is 2.98. The first-order valence-electron chi connectivity index (χ1n) is 4.87. The minimum Gasteiger partial charge on any atom is -0.375 e. The van der Waals surface area contributed by atoms with Crippen LogP contribution in [-0.2, 0) is 0 Å². The van der Waals surface area contributed by atoms with Gasteiger partial charge in [-0.05, 0) is 35.0 Å². The molecule has 2 aromatic rings. The SMILES string of the molecule is CC(Nc1c(Cl)cc(F)cc1Br)c1cscn1. The molecule has 0 radical (unpaired) electrons. The summed E-state index contributed by atoms with van der Waals surface area (Å²) in [5.74, 6) is -0.367. The van der Waals surface area contributed by atoms with Gasteiger partial charge in [0.1, 0.15) is 5.82 Å². The lowest BCUT2D eigenvalue weighted by molar-refractivity contribution is 0.627. The summed E-state index contributed by atoms with van der Waals surface area (Å²) >= 11 is 10.8. The van der Waals surface area contributed by atoms with E-state index in [0.717, 1.165) is 5.69 Å². The zero-order chi connectivity index (χ0) is 12.4. The molecule has 1 aromatic carbocycles. The minimum absolute atomic E-state index is 0.0144. The van der Waals surface area contributed by atoms with E-state index in [-0.39, 0.29) is 11.9 Å². The number of thiazole rings is 1. The topological polar surface area (TPSA) is 24.9 Å². The monoisotopic (exact) mass is 334 g/mol. The van der Waals surface area contributed by atoms with Crippen LogP contribution in [0.4, 0.5) is 10.1 Å². The molecule has 0 aliphatic carbocycles. The second-order valence-corrected chi connectivity index (χ2v) is 5.50. The van der Waals surface area contributed by atoms with Crippen LogP contribution in [0.2, 0.25) is 5.02 Å². The van der Waals surface area contributed by atoms with Crippen molar-refractivity contribution in [3.63, 3.8) is 0 Å². The van der Waals surface area contributed by atoms with E-state index in [1.54, 1.807) is 5.51 Å². The Morgan fingerprint density at radius 3 is 2.88 bits per heavy atom. The van der Waals surface area contributed by atoms with Crippen molar-refractivity contribution >= 4 is 44.6 Å². The first-order valence-corrected chi connectivity index (χ1v) is 6.98. The van der Waals surface area contributed by atoms with E-state index in [1.165, 1.54) is 23.5 Å². The van der Waals surface area contributed by atoms with Crippen LogP contribution >= 0.6 is 38.9 Å². The maximum atomic E-state index is 13.1. The largest absolute Gasteiger partial charge is 0.375 e. The number of benzene rings is 1. The van der Waals surface area contributed by atoms with E-state index in [1.807, 2.05) is 12.3 Å². The van der Waals surface area contributed by atoms with Crippen LogP contribution in [0.15, 0.2) is 27.5 Å². The normalized spacial score (nSPS) is 12.5. The predicted molar refractivity (Wildman–Crippen MR) is 73.3 cm³/mol. The average Bonchev–Trinajstić information content (AvgIpc) is 2.76. The van der Waals surface area contributed by atoms with Crippen molar-refractivity contribution in [3.05, 3.63) is 44.0 Å². The van der Waals surface area contributed by atoms with E-state index in [4.69, 9.17) is 11.6 Å². The van der Waals surface area contributed by atoms with E-state index < -0.39 is 0 Å². The van der Waals surface area contributed by atoms with Crippen molar-refractivity contribution in [3.8, 4) is 0 Å². The Bertz CT molecular complexity index is 495. The highest BCUT2D eigenvalue weighted by Gasteiger charge is 2.13. The fourth-order valence-electron chi connectivity index (χ4n) is 1.41. The molecule has 0 aliphatic heterocycles. The van der Waals surface area contributed by atoms with Gasteiger partial charge in [-0.1, -0.05) is 11.6 Å². The van der Waals surface area contributed by atoms with Crippen LogP contribution in [-0.4, -0.2) is 4.98 Å². The number of aromatic nitrogens is 1. The summed E-state index contributed by atoms with van der Waals surface area (Å²) in [5, 5.41) is 5.51. The third-order valence-electron chi connectivity index (χ3n) is 2.26. The quantitative estimate of drug-likeness (QED) is 0.865. The van der Waals surface area contributed by atoms with E-state index in [0.29, 0.717) is 15.2 Å². The molecule has 0 saturated heterocycles. The van der Waals surface area contributed by atoms with Crippen LogP contribution in [0.5, 0.6) is 0 Å². The first-order chi connectivity index (χ1) is 8.08. The molecular weight excluding hydrogens is 327 g/mol. The van der Waals surface area contributed by atoms with Crippen molar-refractivity contribution in [1.82, 2.24) is 4.98 Å². The third-order valence-corrected chi connectivity index (χ3v) is 3.79. The molecule has 1 atom stereocenters.